The molecular weight excluding hydrogens is 402 g/mol. The Kier molecular flexibility index (Phi) is 11.8. The monoisotopic (exact) mass is 441 g/mol. The second kappa shape index (κ2) is 12.9. The fraction of sp³-hybridized carbons (Fsp3) is 0.762. The van der Waals surface area contributed by atoms with E-state index in [-0.39, 0.29) is 30.2 Å². The van der Waals surface area contributed by atoms with Crippen molar-refractivity contribution in [3.63, 3.8) is 0 Å². The topological polar surface area (TPSA) is 133 Å². The van der Waals surface area contributed by atoms with E-state index in [2.05, 4.69) is 5.32 Å². The van der Waals surface area contributed by atoms with Crippen LogP contribution in [0.4, 0.5) is 4.79 Å². The van der Waals surface area contributed by atoms with Crippen molar-refractivity contribution in [2.75, 3.05) is 27.7 Å². The fourth-order valence-electron chi connectivity index (χ4n) is 2.95. The zero-order chi connectivity index (χ0) is 24.5. The van der Waals surface area contributed by atoms with Crippen molar-refractivity contribution in [3.05, 3.63) is 0 Å². The van der Waals surface area contributed by atoms with Crippen LogP contribution in [0.1, 0.15) is 53.9 Å². The van der Waals surface area contributed by atoms with Crippen molar-refractivity contribution >= 4 is 29.7 Å². The number of hydrogen-bond acceptors (Lipinski definition) is 5. The van der Waals surface area contributed by atoms with Gasteiger partial charge in [0.1, 0.15) is 12.1 Å². The normalized spacial score (nSPS) is 12.8. The van der Waals surface area contributed by atoms with Gasteiger partial charge in [0.2, 0.25) is 17.7 Å². The highest BCUT2D eigenvalue weighted by atomic mass is 16.2. The van der Waals surface area contributed by atoms with Crippen molar-refractivity contribution in [2.45, 2.75) is 66.0 Å². The van der Waals surface area contributed by atoms with Crippen LogP contribution in [0.25, 0.3) is 0 Å². The van der Waals surface area contributed by atoms with Crippen LogP contribution in [-0.2, 0) is 19.2 Å². The van der Waals surface area contributed by atoms with Crippen LogP contribution >= 0.6 is 0 Å². The number of likely N-dealkylation sites (N-methyl/N-ethyl adjacent to an activating group) is 3. The summed E-state index contributed by atoms with van der Waals surface area (Å²) < 4.78 is 0. The summed E-state index contributed by atoms with van der Waals surface area (Å²) in [6, 6.07) is -2.73. The second-order valence-electron chi connectivity index (χ2n) is 8.62. The van der Waals surface area contributed by atoms with Gasteiger partial charge in [-0.1, -0.05) is 34.6 Å². The predicted molar refractivity (Wildman–Crippen MR) is 118 cm³/mol. The van der Waals surface area contributed by atoms with E-state index in [0.717, 1.165) is 4.90 Å². The van der Waals surface area contributed by atoms with E-state index in [9.17, 15) is 24.0 Å². The maximum absolute atomic E-state index is 13.1. The van der Waals surface area contributed by atoms with E-state index in [1.165, 1.54) is 23.9 Å². The Balaban J connectivity index is 5.53. The van der Waals surface area contributed by atoms with Gasteiger partial charge in [-0.15, -0.1) is 0 Å². The van der Waals surface area contributed by atoms with Gasteiger partial charge in [-0.3, -0.25) is 24.1 Å². The zero-order valence-corrected chi connectivity index (χ0v) is 20.1. The number of imide groups is 1. The Morgan fingerprint density at radius 1 is 0.935 bits per heavy atom. The number of primary amides is 1. The molecule has 0 saturated carbocycles. The molecule has 0 rings (SSSR count). The summed E-state index contributed by atoms with van der Waals surface area (Å²) in [5, 5.41) is 2.68. The highest BCUT2D eigenvalue weighted by molar-refractivity contribution is 5.99. The van der Waals surface area contributed by atoms with Crippen LogP contribution in [0.2, 0.25) is 0 Å². The first-order valence-electron chi connectivity index (χ1n) is 10.6. The number of carbonyl (C=O) groups excluding carboxylic acids is 5. The van der Waals surface area contributed by atoms with Gasteiger partial charge >= 0.3 is 6.03 Å². The molecule has 31 heavy (non-hydrogen) atoms. The van der Waals surface area contributed by atoms with Gasteiger partial charge in [0.15, 0.2) is 0 Å². The molecule has 0 aromatic carbocycles. The number of hydrogen-bond donors (Lipinski definition) is 2. The molecule has 1 unspecified atom stereocenters. The van der Waals surface area contributed by atoms with Crippen molar-refractivity contribution in [1.29, 1.82) is 0 Å². The maximum atomic E-state index is 13.1. The highest BCUT2D eigenvalue weighted by Crippen LogP contribution is 2.14. The molecule has 0 aliphatic heterocycles. The molecule has 0 aromatic heterocycles. The number of carbonyl (C=O) groups is 5. The van der Waals surface area contributed by atoms with Crippen molar-refractivity contribution in [2.24, 2.45) is 17.6 Å². The van der Waals surface area contributed by atoms with Crippen LogP contribution < -0.4 is 11.1 Å². The third-order valence-electron chi connectivity index (χ3n) is 5.01. The summed E-state index contributed by atoms with van der Waals surface area (Å²) in [4.78, 5) is 65.2. The van der Waals surface area contributed by atoms with Crippen LogP contribution in [-0.4, -0.2) is 84.1 Å². The van der Waals surface area contributed by atoms with E-state index >= 15 is 0 Å². The lowest BCUT2D eigenvalue weighted by molar-refractivity contribution is -0.144. The Labute approximate surface area is 185 Å². The lowest BCUT2D eigenvalue weighted by Crippen LogP contribution is -2.58. The zero-order valence-electron chi connectivity index (χ0n) is 20.1. The van der Waals surface area contributed by atoms with Crippen LogP contribution in [0.5, 0.6) is 0 Å². The Morgan fingerprint density at radius 3 is 1.90 bits per heavy atom. The summed E-state index contributed by atoms with van der Waals surface area (Å²) in [7, 11) is 4.31. The number of rotatable bonds is 11. The number of nitrogens with two attached hydrogens (primary N) is 1. The van der Waals surface area contributed by atoms with E-state index in [4.69, 9.17) is 5.73 Å². The summed E-state index contributed by atoms with van der Waals surface area (Å²) >= 11 is 0. The molecule has 0 aliphatic carbocycles. The van der Waals surface area contributed by atoms with Crippen LogP contribution in [0, 0.1) is 11.8 Å². The average Bonchev–Trinajstić information content (AvgIpc) is 2.67. The second-order valence-corrected chi connectivity index (χ2v) is 8.62. The lowest BCUT2D eigenvalue weighted by Gasteiger charge is -2.32. The van der Waals surface area contributed by atoms with Gasteiger partial charge in [0.05, 0.1) is 6.54 Å². The first-order chi connectivity index (χ1) is 14.2. The minimum Gasteiger partial charge on any atom is -0.351 e. The minimum atomic E-state index is -0.975. The van der Waals surface area contributed by atoms with Gasteiger partial charge in [0.25, 0.3) is 5.91 Å². The predicted octanol–water partition coefficient (Wildman–Crippen LogP) is 0.796. The fourth-order valence-corrected chi connectivity index (χ4v) is 2.95. The maximum Gasteiger partial charge on any atom is 0.321 e. The van der Waals surface area contributed by atoms with Gasteiger partial charge < -0.3 is 20.9 Å². The molecule has 0 fully saturated rings. The number of nitrogens with zero attached hydrogens (tertiary/aromatic N) is 3. The SMILES string of the molecule is CCCC(=O)N(C)CC(=O)N(C)[C@@H](CC(C)C)C(=O)NC(C(=O)N(C)C(N)=O)C(C)C. The molecule has 0 saturated heterocycles. The first-order valence-corrected chi connectivity index (χ1v) is 10.6. The lowest BCUT2D eigenvalue weighted by atomic mass is 9.99. The molecule has 0 radical (unpaired) electrons. The third-order valence-corrected chi connectivity index (χ3v) is 5.01. The van der Waals surface area contributed by atoms with Gasteiger partial charge in [-0.2, -0.15) is 0 Å². The minimum absolute atomic E-state index is 0.0898. The molecule has 178 valence electrons. The van der Waals surface area contributed by atoms with Crippen LogP contribution in [0.15, 0.2) is 0 Å². The third kappa shape index (κ3) is 8.94. The van der Waals surface area contributed by atoms with E-state index < -0.39 is 29.9 Å². The van der Waals surface area contributed by atoms with Crippen molar-refractivity contribution in [1.82, 2.24) is 20.0 Å². The number of urea groups is 1. The summed E-state index contributed by atoms with van der Waals surface area (Å²) in [5.41, 5.74) is 5.18. The van der Waals surface area contributed by atoms with Crippen molar-refractivity contribution in [3.8, 4) is 0 Å². The van der Waals surface area contributed by atoms with Gasteiger partial charge in [0, 0.05) is 27.6 Å². The summed E-state index contributed by atoms with van der Waals surface area (Å²) in [6.07, 6.45) is 1.39. The number of amides is 6. The van der Waals surface area contributed by atoms with E-state index in [1.54, 1.807) is 20.9 Å². The molecule has 0 spiro atoms. The molecule has 0 aromatic rings. The smallest absolute Gasteiger partial charge is 0.321 e. The first kappa shape index (κ1) is 28.4. The average molecular weight is 442 g/mol. The molecule has 3 N–H and O–H groups in total. The molecule has 0 bridgehead atoms. The number of nitrogens with one attached hydrogen (secondary N) is 1. The Hall–Kier alpha value is -2.65. The Bertz CT molecular complexity index is 665. The molecule has 0 aliphatic rings. The van der Waals surface area contributed by atoms with Gasteiger partial charge in [-0.05, 0) is 24.7 Å². The van der Waals surface area contributed by atoms with Crippen LogP contribution in [0.3, 0.4) is 0 Å². The quantitative estimate of drug-likeness (QED) is 0.489. The van der Waals surface area contributed by atoms with E-state index in [1.807, 2.05) is 20.8 Å². The van der Waals surface area contributed by atoms with Crippen molar-refractivity contribution < 1.29 is 24.0 Å². The standard InChI is InChI=1S/C21H39N5O5/c1-9-10-16(27)24(6)12-17(28)25(7)15(11-13(2)3)19(29)23-18(14(4)5)20(30)26(8)21(22)31/h13-15,18H,9-12H2,1-8H3,(H2,22,31)(H,23,29)/t15-,18?/m0/s1. The largest absolute Gasteiger partial charge is 0.351 e. The van der Waals surface area contributed by atoms with E-state index in [0.29, 0.717) is 19.3 Å². The molecular formula is C21H39N5O5. The highest BCUT2D eigenvalue weighted by Gasteiger charge is 2.34. The molecule has 10 heteroatoms. The molecule has 2 atom stereocenters. The Morgan fingerprint density at radius 2 is 1.48 bits per heavy atom. The van der Waals surface area contributed by atoms with Gasteiger partial charge in [-0.25, -0.2) is 4.79 Å². The summed E-state index contributed by atoms with van der Waals surface area (Å²) in [5.74, 6) is -1.87. The molecule has 6 amide bonds. The summed E-state index contributed by atoms with van der Waals surface area (Å²) in [6.45, 7) is 9.04. The molecule has 10 nitrogen and oxygen atoms in total. The molecule has 0 heterocycles.